The van der Waals surface area contributed by atoms with Gasteiger partial charge in [-0.15, -0.1) is 9.24 Å². The number of rotatable bonds is 6. The lowest BCUT2D eigenvalue weighted by molar-refractivity contribution is 0.605. The molecule has 0 saturated heterocycles. The topological polar surface area (TPSA) is 24.1 Å². The number of nitrogens with one attached hydrogen (secondary N) is 2. The molecule has 0 aromatic carbocycles. The van der Waals surface area contributed by atoms with Crippen molar-refractivity contribution in [3.05, 3.63) is 0 Å². The molecule has 1 rings (SSSR count). The molecule has 66 valence electrons. The Morgan fingerprint density at radius 2 is 2.18 bits per heavy atom. The van der Waals surface area contributed by atoms with Gasteiger partial charge in [-0.25, -0.2) is 0 Å². The summed E-state index contributed by atoms with van der Waals surface area (Å²) >= 11 is 0. The molecule has 1 aliphatic rings. The molecule has 0 spiro atoms. The maximum atomic E-state index is 3.50. The van der Waals surface area contributed by atoms with Crippen molar-refractivity contribution in [2.24, 2.45) is 0 Å². The van der Waals surface area contributed by atoms with Crippen LogP contribution in [-0.2, 0) is 0 Å². The van der Waals surface area contributed by atoms with Gasteiger partial charge in [-0.2, -0.15) is 0 Å². The van der Waals surface area contributed by atoms with Gasteiger partial charge in [0.1, 0.15) is 0 Å². The molecule has 0 heterocycles. The van der Waals surface area contributed by atoms with E-state index >= 15 is 0 Å². The summed E-state index contributed by atoms with van der Waals surface area (Å²) in [6.07, 6.45) is 2.60. The van der Waals surface area contributed by atoms with Gasteiger partial charge in [-0.1, -0.05) is 6.92 Å². The van der Waals surface area contributed by atoms with Gasteiger partial charge in [-0.05, 0) is 38.1 Å². The fraction of sp³-hybridized carbons (Fsp3) is 1.00. The van der Waals surface area contributed by atoms with Crippen molar-refractivity contribution in [1.29, 1.82) is 0 Å². The van der Waals surface area contributed by atoms with E-state index in [-0.39, 0.29) is 0 Å². The largest absolute Gasteiger partial charge is 0.317 e. The molecule has 0 bridgehead atoms. The molecule has 2 unspecified atom stereocenters. The first-order valence-corrected chi connectivity index (χ1v) is 5.21. The predicted octanol–water partition coefficient (Wildman–Crippen LogP) is 0.592. The lowest BCUT2D eigenvalue weighted by Gasteiger charge is -2.02. The Bertz CT molecular complexity index is 108. The fourth-order valence-corrected chi connectivity index (χ4v) is 1.56. The van der Waals surface area contributed by atoms with Crippen molar-refractivity contribution in [2.45, 2.75) is 31.5 Å². The van der Waals surface area contributed by atoms with E-state index in [1.54, 1.807) is 0 Å². The molecular formula is C8H19N2P. The van der Waals surface area contributed by atoms with Gasteiger partial charge < -0.3 is 10.6 Å². The van der Waals surface area contributed by atoms with Crippen LogP contribution < -0.4 is 10.6 Å². The maximum absolute atomic E-state index is 3.50. The molecule has 3 atom stereocenters. The molecule has 0 amide bonds. The monoisotopic (exact) mass is 174 g/mol. The summed E-state index contributed by atoms with van der Waals surface area (Å²) < 4.78 is 0. The van der Waals surface area contributed by atoms with E-state index in [0.29, 0.717) is 0 Å². The molecule has 1 saturated carbocycles. The van der Waals surface area contributed by atoms with Gasteiger partial charge >= 0.3 is 0 Å². The van der Waals surface area contributed by atoms with Crippen LogP contribution in [0.15, 0.2) is 0 Å². The van der Waals surface area contributed by atoms with Crippen LogP contribution >= 0.6 is 9.24 Å². The van der Waals surface area contributed by atoms with E-state index in [4.69, 9.17) is 0 Å². The summed E-state index contributed by atoms with van der Waals surface area (Å²) in [7, 11) is 2.86. The standard InChI is InChI=1S/C8H19N2P/c1-2-9-4-3-5-10-7-6-8(7)11/h7-10H,2-6,11H2,1H3/t7-,8?/m0/s1. The molecule has 0 aromatic rings. The highest BCUT2D eigenvalue weighted by Gasteiger charge is 2.31. The van der Waals surface area contributed by atoms with Crippen LogP contribution in [0.1, 0.15) is 19.8 Å². The average Bonchev–Trinajstić information content (AvgIpc) is 2.67. The van der Waals surface area contributed by atoms with E-state index in [2.05, 4.69) is 26.8 Å². The van der Waals surface area contributed by atoms with E-state index in [1.165, 1.54) is 19.4 Å². The van der Waals surface area contributed by atoms with Crippen LogP contribution in [0.2, 0.25) is 0 Å². The second kappa shape index (κ2) is 5.08. The van der Waals surface area contributed by atoms with E-state index in [9.17, 15) is 0 Å². The molecule has 0 aromatic heterocycles. The number of hydrogen-bond acceptors (Lipinski definition) is 2. The van der Waals surface area contributed by atoms with Crippen LogP contribution in [0.3, 0.4) is 0 Å². The second-order valence-corrected chi connectivity index (χ2v) is 4.02. The normalized spacial score (nSPS) is 28.9. The van der Waals surface area contributed by atoms with Crippen molar-refractivity contribution in [3.8, 4) is 0 Å². The van der Waals surface area contributed by atoms with Gasteiger partial charge in [-0.3, -0.25) is 0 Å². The third-order valence-electron chi connectivity index (χ3n) is 2.03. The molecule has 11 heavy (non-hydrogen) atoms. The van der Waals surface area contributed by atoms with Gasteiger partial charge in [0.05, 0.1) is 0 Å². The Morgan fingerprint density at radius 1 is 1.45 bits per heavy atom. The fourth-order valence-electron chi connectivity index (χ4n) is 1.13. The summed E-state index contributed by atoms with van der Waals surface area (Å²) in [5.74, 6) is 0. The Kier molecular flexibility index (Phi) is 4.36. The quantitative estimate of drug-likeness (QED) is 0.455. The lowest BCUT2D eigenvalue weighted by Crippen LogP contribution is -2.24. The zero-order valence-corrected chi connectivity index (χ0v) is 8.42. The highest BCUT2D eigenvalue weighted by molar-refractivity contribution is 7.18. The predicted molar refractivity (Wildman–Crippen MR) is 53.1 cm³/mol. The molecule has 1 fully saturated rings. The molecule has 0 aliphatic heterocycles. The summed E-state index contributed by atoms with van der Waals surface area (Å²) in [4.78, 5) is 0. The van der Waals surface area contributed by atoms with E-state index in [1.807, 2.05) is 0 Å². The Morgan fingerprint density at radius 3 is 2.73 bits per heavy atom. The summed E-state index contributed by atoms with van der Waals surface area (Å²) in [6, 6.07) is 0.807. The molecule has 2 nitrogen and oxygen atoms in total. The first-order valence-electron chi connectivity index (χ1n) is 4.54. The minimum absolute atomic E-state index is 0.807. The zero-order valence-electron chi connectivity index (χ0n) is 7.27. The Balaban J connectivity index is 1.74. The molecule has 2 N–H and O–H groups in total. The maximum Gasteiger partial charge on any atom is 0.0137 e. The smallest absolute Gasteiger partial charge is 0.0137 e. The SMILES string of the molecule is CCNCCCN[C@H]1CC1P. The Hall–Kier alpha value is 0.350. The van der Waals surface area contributed by atoms with Gasteiger partial charge in [0.2, 0.25) is 0 Å². The van der Waals surface area contributed by atoms with E-state index in [0.717, 1.165) is 24.8 Å². The third kappa shape index (κ3) is 4.05. The summed E-state index contributed by atoms with van der Waals surface area (Å²) in [5, 5.41) is 6.81. The van der Waals surface area contributed by atoms with Gasteiger partial charge in [0.15, 0.2) is 0 Å². The minimum Gasteiger partial charge on any atom is -0.317 e. The Labute approximate surface area is 71.7 Å². The molecule has 1 aliphatic carbocycles. The van der Waals surface area contributed by atoms with Crippen LogP contribution in [-0.4, -0.2) is 31.3 Å². The van der Waals surface area contributed by atoms with Crippen LogP contribution in [0, 0.1) is 0 Å². The van der Waals surface area contributed by atoms with Crippen molar-refractivity contribution in [3.63, 3.8) is 0 Å². The number of hydrogen-bond donors (Lipinski definition) is 2. The lowest BCUT2D eigenvalue weighted by atomic mass is 10.4. The molecule has 3 heteroatoms. The summed E-state index contributed by atoms with van der Waals surface area (Å²) in [5.41, 5.74) is 0.856. The highest BCUT2D eigenvalue weighted by atomic mass is 31.0. The highest BCUT2D eigenvalue weighted by Crippen LogP contribution is 2.29. The van der Waals surface area contributed by atoms with Crippen LogP contribution in [0.25, 0.3) is 0 Å². The van der Waals surface area contributed by atoms with Crippen molar-refractivity contribution in [2.75, 3.05) is 19.6 Å². The van der Waals surface area contributed by atoms with Crippen molar-refractivity contribution < 1.29 is 0 Å². The van der Waals surface area contributed by atoms with Crippen LogP contribution in [0.5, 0.6) is 0 Å². The first-order chi connectivity index (χ1) is 5.34. The van der Waals surface area contributed by atoms with Crippen molar-refractivity contribution in [1.82, 2.24) is 10.6 Å². The molecular weight excluding hydrogens is 155 g/mol. The van der Waals surface area contributed by atoms with Gasteiger partial charge in [0.25, 0.3) is 0 Å². The van der Waals surface area contributed by atoms with E-state index < -0.39 is 0 Å². The average molecular weight is 174 g/mol. The zero-order chi connectivity index (χ0) is 8.10. The minimum atomic E-state index is 0.807. The summed E-state index contributed by atoms with van der Waals surface area (Å²) in [6.45, 7) is 5.56. The van der Waals surface area contributed by atoms with Crippen LogP contribution in [0.4, 0.5) is 0 Å². The van der Waals surface area contributed by atoms with Crippen molar-refractivity contribution >= 4 is 9.24 Å². The molecule has 0 radical (unpaired) electrons. The second-order valence-electron chi connectivity index (χ2n) is 3.17. The third-order valence-corrected chi connectivity index (χ3v) is 2.76. The van der Waals surface area contributed by atoms with Gasteiger partial charge in [0, 0.05) is 6.04 Å². The first kappa shape index (κ1) is 9.44.